The smallest absolute Gasteiger partial charge is 0.272 e. The second-order valence-electron chi connectivity index (χ2n) is 4.19. The molecule has 0 saturated heterocycles. The summed E-state index contributed by atoms with van der Waals surface area (Å²) in [5, 5.41) is 8.95. The summed E-state index contributed by atoms with van der Waals surface area (Å²) in [6, 6.07) is 3.72. The molecule has 0 aliphatic rings. The summed E-state index contributed by atoms with van der Waals surface area (Å²) >= 11 is 0. The van der Waals surface area contributed by atoms with Gasteiger partial charge in [0, 0.05) is 18.8 Å². The molecule has 0 radical (unpaired) electrons. The first-order valence-corrected chi connectivity index (χ1v) is 5.94. The van der Waals surface area contributed by atoms with E-state index >= 15 is 0 Å². The van der Waals surface area contributed by atoms with Gasteiger partial charge < -0.3 is 10.0 Å². The van der Waals surface area contributed by atoms with E-state index in [4.69, 9.17) is 5.11 Å². The fraction of sp³-hybridized carbons (Fsp3) is 0.538. The van der Waals surface area contributed by atoms with Gasteiger partial charge in [0.2, 0.25) is 0 Å². The predicted molar refractivity (Wildman–Crippen MR) is 67.0 cm³/mol. The number of rotatable bonds is 5. The van der Waals surface area contributed by atoms with Crippen molar-refractivity contribution in [2.45, 2.75) is 27.2 Å². The van der Waals surface area contributed by atoms with Crippen LogP contribution in [0.3, 0.4) is 0 Å². The number of pyridine rings is 1. The number of aliphatic hydroxyl groups is 1. The van der Waals surface area contributed by atoms with Crippen molar-refractivity contribution < 1.29 is 9.90 Å². The topological polar surface area (TPSA) is 53.4 Å². The van der Waals surface area contributed by atoms with Crippen molar-refractivity contribution in [3.63, 3.8) is 0 Å². The Balaban J connectivity index is 2.92. The monoisotopic (exact) mass is 236 g/mol. The van der Waals surface area contributed by atoms with Crippen LogP contribution in [0.25, 0.3) is 0 Å². The molecule has 0 aliphatic carbocycles. The van der Waals surface area contributed by atoms with E-state index in [9.17, 15) is 4.79 Å². The number of nitrogens with zero attached hydrogens (tertiary/aromatic N) is 2. The Morgan fingerprint density at radius 1 is 1.35 bits per heavy atom. The van der Waals surface area contributed by atoms with E-state index in [1.807, 2.05) is 26.8 Å². The van der Waals surface area contributed by atoms with Crippen LogP contribution in [-0.2, 0) is 0 Å². The maximum Gasteiger partial charge on any atom is 0.272 e. The van der Waals surface area contributed by atoms with Crippen LogP contribution in [0.2, 0.25) is 0 Å². The number of aryl methyl sites for hydroxylation is 2. The van der Waals surface area contributed by atoms with Crippen LogP contribution in [0.5, 0.6) is 0 Å². The summed E-state index contributed by atoms with van der Waals surface area (Å²) in [7, 11) is 0. The van der Waals surface area contributed by atoms with Crippen molar-refractivity contribution in [2.75, 3.05) is 19.7 Å². The molecule has 0 saturated carbocycles. The highest BCUT2D eigenvalue weighted by Gasteiger charge is 2.16. The van der Waals surface area contributed by atoms with E-state index in [2.05, 4.69) is 4.98 Å². The molecule has 4 nitrogen and oxygen atoms in total. The Labute approximate surface area is 102 Å². The molecule has 94 valence electrons. The lowest BCUT2D eigenvalue weighted by molar-refractivity contribution is 0.0716. The molecule has 1 aromatic heterocycles. The van der Waals surface area contributed by atoms with Crippen LogP contribution in [0.15, 0.2) is 12.1 Å². The zero-order valence-electron chi connectivity index (χ0n) is 10.7. The van der Waals surface area contributed by atoms with Crippen LogP contribution < -0.4 is 0 Å². The molecule has 0 aromatic carbocycles. The molecule has 0 aliphatic heterocycles. The van der Waals surface area contributed by atoms with Crippen LogP contribution >= 0.6 is 0 Å². The average Bonchev–Trinajstić information content (AvgIpc) is 2.26. The second-order valence-corrected chi connectivity index (χ2v) is 4.19. The highest BCUT2D eigenvalue weighted by Crippen LogP contribution is 2.08. The third-order valence-electron chi connectivity index (χ3n) is 2.47. The minimum Gasteiger partial charge on any atom is -0.395 e. The molecule has 1 aromatic rings. The van der Waals surface area contributed by atoms with Crippen LogP contribution in [0.4, 0.5) is 0 Å². The minimum atomic E-state index is -0.104. The van der Waals surface area contributed by atoms with E-state index in [-0.39, 0.29) is 12.5 Å². The van der Waals surface area contributed by atoms with Gasteiger partial charge in [-0.05, 0) is 38.0 Å². The molecule has 0 unspecified atom stereocenters. The van der Waals surface area contributed by atoms with Gasteiger partial charge in [-0.1, -0.05) is 6.92 Å². The lowest BCUT2D eigenvalue weighted by Gasteiger charge is -2.20. The summed E-state index contributed by atoms with van der Waals surface area (Å²) in [5.74, 6) is -0.104. The molecule has 17 heavy (non-hydrogen) atoms. The Bertz CT molecular complexity index is 365. The molecule has 1 heterocycles. The number of carbonyl (C=O) groups is 1. The number of hydrogen-bond donors (Lipinski definition) is 1. The third-order valence-corrected chi connectivity index (χ3v) is 2.47. The molecular weight excluding hydrogens is 216 g/mol. The van der Waals surface area contributed by atoms with E-state index in [1.165, 1.54) is 0 Å². The van der Waals surface area contributed by atoms with E-state index in [1.54, 1.807) is 11.0 Å². The predicted octanol–water partition coefficient (Wildman–Crippen LogP) is 1.54. The SMILES string of the molecule is CCCN(CCO)C(=O)c1cc(C)cc(C)n1. The van der Waals surface area contributed by atoms with Gasteiger partial charge in [0.1, 0.15) is 5.69 Å². The van der Waals surface area contributed by atoms with Crippen LogP contribution in [-0.4, -0.2) is 40.6 Å². The number of aromatic nitrogens is 1. The summed E-state index contributed by atoms with van der Waals surface area (Å²) in [6.07, 6.45) is 0.872. The van der Waals surface area contributed by atoms with Gasteiger partial charge in [-0.3, -0.25) is 4.79 Å². The Kier molecular flexibility index (Phi) is 5.10. The second kappa shape index (κ2) is 6.35. The fourth-order valence-corrected chi connectivity index (χ4v) is 1.82. The quantitative estimate of drug-likeness (QED) is 0.843. The first kappa shape index (κ1) is 13.6. The van der Waals surface area contributed by atoms with Crippen molar-refractivity contribution in [3.05, 3.63) is 29.1 Å². The highest BCUT2D eigenvalue weighted by molar-refractivity contribution is 5.92. The van der Waals surface area contributed by atoms with Gasteiger partial charge in [0.05, 0.1) is 6.61 Å². The molecule has 1 amide bonds. The van der Waals surface area contributed by atoms with E-state index < -0.39 is 0 Å². The van der Waals surface area contributed by atoms with E-state index in [0.717, 1.165) is 17.7 Å². The zero-order chi connectivity index (χ0) is 12.8. The Hall–Kier alpha value is -1.42. The lowest BCUT2D eigenvalue weighted by Crippen LogP contribution is -2.34. The van der Waals surface area contributed by atoms with Gasteiger partial charge in [0.15, 0.2) is 0 Å². The number of aliphatic hydroxyl groups excluding tert-OH is 1. The zero-order valence-corrected chi connectivity index (χ0v) is 10.7. The van der Waals surface area contributed by atoms with Crippen molar-refractivity contribution >= 4 is 5.91 Å². The number of carbonyl (C=O) groups excluding carboxylic acids is 1. The van der Waals surface area contributed by atoms with Crippen molar-refractivity contribution in [1.29, 1.82) is 0 Å². The Morgan fingerprint density at radius 2 is 2.06 bits per heavy atom. The van der Waals surface area contributed by atoms with Gasteiger partial charge >= 0.3 is 0 Å². The Morgan fingerprint density at radius 3 is 2.59 bits per heavy atom. The van der Waals surface area contributed by atoms with Crippen LogP contribution in [0, 0.1) is 13.8 Å². The third kappa shape index (κ3) is 3.82. The standard InChI is InChI=1S/C13H20N2O2/c1-4-5-15(6-7-16)13(17)12-9-10(2)8-11(3)14-12/h8-9,16H,4-7H2,1-3H3. The molecule has 0 atom stereocenters. The maximum absolute atomic E-state index is 12.2. The van der Waals surface area contributed by atoms with Gasteiger partial charge in [-0.25, -0.2) is 4.98 Å². The molecule has 0 bridgehead atoms. The molecule has 1 rings (SSSR count). The average molecular weight is 236 g/mol. The van der Waals surface area contributed by atoms with Gasteiger partial charge in [-0.15, -0.1) is 0 Å². The molecular formula is C13H20N2O2. The van der Waals surface area contributed by atoms with Crippen LogP contribution in [0.1, 0.15) is 35.1 Å². The molecule has 4 heteroatoms. The van der Waals surface area contributed by atoms with E-state index in [0.29, 0.717) is 18.8 Å². The fourth-order valence-electron chi connectivity index (χ4n) is 1.82. The summed E-state index contributed by atoms with van der Waals surface area (Å²) in [5.41, 5.74) is 2.33. The first-order chi connectivity index (χ1) is 8.08. The van der Waals surface area contributed by atoms with Gasteiger partial charge in [0.25, 0.3) is 5.91 Å². The van der Waals surface area contributed by atoms with Crippen molar-refractivity contribution in [1.82, 2.24) is 9.88 Å². The maximum atomic E-state index is 12.2. The molecule has 1 N–H and O–H groups in total. The summed E-state index contributed by atoms with van der Waals surface area (Å²) < 4.78 is 0. The highest BCUT2D eigenvalue weighted by atomic mass is 16.3. The number of hydrogen-bond acceptors (Lipinski definition) is 3. The molecule has 0 spiro atoms. The van der Waals surface area contributed by atoms with Crippen molar-refractivity contribution in [3.8, 4) is 0 Å². The van der Waals surface area contributed by atoms with Crippen molar-refractivity contribution in [2.24, 2.45) is 0 Å². The summed E-state index contributed by atoms with van der Waals surface area (Å²) in [6.45, 7) is 6.82. The van der Waals surface area contributed by atoms with Gasteiger partial charge in [-0.2, -0.15) is 0 Å². The summed E-state index contributed by atoms with van der Waals surface area (Å²) in [4.78, 5) is 18.1. The lowest BCUT2D eigenvalue weighted by atomic mass is 10.2. The normalized spacial score (nSPS) is 10.4. The number of amides is 1. The first-order valence-electron chi connectivity index (χ1n) is 5.94. The minimum absolute atomic E-state index is 0.0173. The largest absolute Gasteiger partial charge is 0.395 e. The molecule has 0 fully saturated rings.